The molecule has 0 radical (unpaired) electrons. The smallest absolute Gasteiger partial charge is 0.169 e. The minimum Gasteiger partial charge on any atom is -0.372 e. The average molecular weight is 322 g/mol. The monoisotopic (exact) mass is 322 g/mol. The third-order valence-corrected chi connectivity index (χ3v) is 6.98. The highest BCUT2D eigenvalue weighted by molar-refractivity contribution is 5.06. The van der Waals surface area contributed by atoms with Gasteiger partial charge in [0, 0.05) is 30.2 Å². The Bertz CT molecular complexity index is 445. The van der Waals surface area contributed by atoms with Crippen molar-refractivity contribution in [1.82, 2.24) is 9.80 Å². The van der Waals surface area contributed by atoms with Crippen LogP contribution in [0.15, 0.2) is 0 Å². The van der Waals surface area contributed by atoms with E-state index in [9.17, 15) is 0 Å². The summed E-state index contributed by atoms with van der Waals surface area (Å²) in [6.45, 7) is 13.2. The van der Waals surface area contributed by atoms with E-state index in [1.807, 2.05) is 0 Å². The summed E-state index contributed by atoms with van der Waals surface area (Å²) >= 11 is 0. The van der Waals surface area contributed by atoms with Crippen LogP contribution in [-0.2, 0) is 9.47 Å². The Labute approximate surface area is 141 Å². The SMILES string of the molecule is CC(C)N1CC(CC(C)N2C(C)COC23COC3)CC12CCC2. The van der Waals surface area contributed by atoms with E-state index < -0.39 is 0 Å². The minimum absolute atomic E-state index is 0.0939. The number of hydrogen-bond donors (Lipinski definition) is 0. The van der Waals surface area contributed by atoms with Gasteiger partial charge in [0.1, 0.15) is 0 Å². The molecular formula is C19H34N2O2. The standard InChI is InChI=1S/C19H34N2O2/c1-14(2)20-10-17(9-18(20)6-5-7-18)8-15(3)21-16(4)11-23-19(21)12-22-13-19/h14-17H,5-13H2,1-4H3. The lowest BCUT2D eigenvalue weighted by molar-refractivity contribution is -0.251. The van der Waals surface area contributed by atoms with Gasteiger partial charge in [-0.2, -0.15) is 0 Å². The maximum absolute atomic E-state index is 6.11. The largest absolute Gasteiger partial charge is 0.372 e. The zero-order chi connectivity index (χ0) is 16.2. The van der Waals surface area contributed by atoms with Crippen LogP contribution in [0.3, 0.4) is 0 Å². The van der Waals surface area contributed by atoms with Gasteiger partial charge in [-0.15, -0.1) is 0 Å². The van der Waals surface area contributed by atoms with Crippen LogP contribution in [0, 0.1) is 5.92 Å². The van der Waals surface area contributed by atoms with Crippen LogP contribution < -0.4 is 0 Å². The molecule has 0 aromatic rings. The predicted molar refractivity (Wildman–Crippen MR) is 91.4 cm³/mol. The van der Waals surface area contributed by atoms with Gasteiger partial charge in [-0.1, -0.05) is 0 Å². The molecule has 3 atom stereocenters. The zero-order valence-corrected chi connectivity index (χ0v) is 15.4. The highest BCUT2D eigenvalue weighted by Gasteiger charge is 2.55. The molecule has 132 valence electrons. The number of hydrogen-bond acceptors (Lipinski definition) is 4. The van der Waals surface area contributed by atoms with E-state index in [0.717, 1.165) is 25.7 Å². The van der Waals surface area contributed by atoms with Gasteiger partial charge < -0.3 is 9.47 Å². The third kappa shape index (κ3) is 2.48. The first-order valence-electron chi connectivity index (χ1n) is 9.73. The van der Waals surface area contributed by atoms with Crippen LogP contribution in [0.4, 0.5) is 0 Å². The van der Waals surface area contributed by atoms with Crippen molar-refractivity contribution >= 4 is 0 Å². The molecule has 2 spiro atoms. The van der Waals surface area contributed by atoms with E-state index in [1.54, 1.807) is 0 Å². The summed E-state index contributed by atoms with van der Waals surface area (Å²) in [4.78, 5) is 5.45. The highest BCUT2D eigenvalue weighted by Crippen LogP contribution is 2.50. The molecule has 3 unspecified atom stereocenters. The molecule has 3 heterocycles. The fraction of sp³-hybridized carbons (Fsp3) is 1.00. The highest BCUT2D eigenvalue weighted by atomic mass is 16.6. The molecule has 1 aliphatic carbocycles. The summed E-state index contributed by atoms with van der Waals surface area (Å²) in [6.07, 6.45) is 7.01. The molecule has 1 saturated carbocycles. The van der Waals surface area contributed by atoms with Crippen LogP contribution in [-0.4, -0.2) is 65.6 Å². The second kappa shape index (κ2) is 5.69. The molecule has 0 N–H and O–H groups in total. The van der Waals surface area contributed by atoms with Crippen molar-refractivity contribution in [2.45, 2.75) is 89.2 Å². The summed E-state index contributed by atoms with van der Waals surface area (Å²) in [5.41, 5.74) is 0.465. The average Bonchev–Trinajstić information content (AvgIpc) is 2.96. The van der Waals surface area contributed by atoms with E-state index in [0.29, 0.717) is 23.7 Å². The Hall–Kier alpha value is -0.160. The lowest BCUT2D eigenvalue weighted by atomic mass is 9.72. The van der Waals surface area contributed by atoms with Crippen LogP contribution >= 0.6 is 0 Å². The van der Waals surface area contributed by atoms with E-state index >= 15 is 0 Å². The van der Waals surface area contributed by atoms with Gasteiger partial charge in [-0.25, -0.2) is 0 Å². The molecule has 4 heteroatoms. The molecule has 4 aliphatic rings. The topological polar surface area (TPSA) is 24.9 Å². The van der Waals surface area contributed by atoms with Crippen molar-refractivity contribution in [3.63, 3.8) is 0 Å². The summed E-state index contributed by atoms with van der Waals surface area (Å²) < 4.78 is 11.6. The van der Waals surface area contributed by atoms with Crippen LogP contribution in [0.1, 0.15) is 59.8 Å². The molecular weight excluding hydrogens is 288 g/mol. The normalized spacial score (nSPS) is 37.4. The molecule has 23 heavy (non-hydrogen) atoms. The first kappa shape index (κ1) is 16.3. The third-order valence-electron chi connectivity index (χ3n) is 6.98. The van der Waals surface area contributed by atoms with Gasteiger partial charge in [-0.05, 0) is 65.7 Å². The van der Waals surface area contributed by atoms with E-state index in [1.165, 1.54) is 38.6 Å². The molecule has 0 aromatic carbocycles. The molecule has 0 aromatic heterocycles. The Balaban J connectivity index is 1.42. The van der Waals surface area contributed by atoms with Crippen LogP contribution in [0.25, 0.3) is 0 Å². The Morgan fingerprint density at radius 1 is 1.17 bits per heavy atom. The second-order valence-corrected chi connectivity index (χ2v) is 8.99. The summed E-state index contributed by atoms with van der Waals surface area (Å²) in [6, 6.07) is 1.80. The fourth-order valence-electron chi connectivity index (χ4n) is 5.96. The van der Waals surface area contributed by atoms with Crippen LogP contribution in [0.5, 0.6) is 0 Å². The maximum Gasteiger partial charge on any atom is 0.169 e. The van der Waals surface area contributed by atoms with E-state index in [2.05, 4.69) is 37.5 Å². The Morgan fingerprint density at radius 3 is 2.39 bits per heavy atom. The quantitative estimate of drug-likeness (QED) is 0.794. The van der Waals surface area contributed by atoms with Crippen LogP contribution in [0.2, 0.25) is 0 Å². The minimum atomic E-state index is -0.0939. The van der Waals surface area contributed by atoms with Crippen molar-refractivity contribution in [3.8, 4) is 0 Å². The van der Waals surface area contributed by atoms with Gasteiger partial charge in [0.15, 0.2) is 5.72 Å². The molecule has 0 bridgehead atoms. The lowest BCUT2D eigenvalue weighted by Gasteiger charge is -2.48. The van der Waals surface area contributed by atoms with Gasteiger partial charge in [0.25, 0.3) is 0 Å². The Morgan fingerprint density at radius 2 is 1.91 bits per heavy atom. The van der Waals surface area contributed by atoms with Crippen molar-refractivity contribution < 1.29 is 9.47 Å². The van der Waals surface area contributed by atoms with E-state index in [4.69, 9.17) is 9.47 Å². The zero-order valence-electron chi connectivity index (χ0n) is 15.4. The first-order valence-corrected chi connectivity index (χ1v) is 9.73. The van der Waals surface area contributed by atoms with Gasteiger partial charge in [-0.3, -0.25) is 9.80 Å². The summed E-state index contributed by atoms with van der Waals surface area (Å²) in [7, 11) is 0. The molecule has 4 nitrogen and oxygen atoms in total. The van der Waals surface area contributed by atoms with Crippen molar-refractivity contribution in [2.75, 3.05) is 26.4 Å². The molecule has 3 aliphatic heterocycles. The second-order valence-electron chi connectivity index (χ2n) is 8.99. The molecule has 4 rings (SSSR count). The summed E-state index contributed by atoms with van der Waals surface area (Å²) in [5, 5.41) is 0. The number of nitrogens with zero attached hydrogens (tertiary/aromatic N) is 2. The van der Waals surface area contributed by atoms with Crippen molar-refractivity contribution in [3.05, 3.63) is 0 Å². The maximum atomic E-state index is 6.11. The molecule has 3 saturated heterocycles. The summed E-state index contributed by atoms with van der Waals surface area (Å²) in [5.74, 6) is 0.846. The predicted octanol–water partition coefficient (Wildman–Crippen LogP) is 2.87. The van der Waals surface area contributed by atoms with Crippen molar-refractivity contribution in [2.24, 2.45) is 5.92 Å². The van der Waals surface area contributed by atoms with Gasteiger partial charge >= 0.3 is 0 Å². The number of rotatable bonds is 4. The Kier molecular flexibility index (Phi) is 4.03. The molecule has 0 amide bonds. The number of likely N-dealkylation sites (tertiary alicyclic amines) is 1. The number of ether oxygens (including phenoxy) is 2. The fourth-order valence-corrected chi connectivity index (χ4v) is 5.96. The van der Waals surface area contributed by atoms with Gasteiger partial charge in [0.05, 0.1) is 19.8 Å². The lowest BCUT2D eigenvalue weighted by Crippen LogP contribution is -2.63. The van der Waals surface area contributed by atoms with Crippen molar-refractivity contribution in [1.29, 1.82) is 0 Å². The molecule has 4 fully saturated rings. The first-order chi connectivity index (χ1) is 11.0. The van der Waals surface area contributed by atoms with E-state index in [-0.39, 0.29) is 5.72 Å². The van der Waals surface area contributed by atoms with Gasteiger partial charge in [0.2, 0.25) is 0 Å².